The molecule has 0 aliphatic carbocycles. The second-order valence-corrected chi connectivity index (χ2v) is 5.26. The third kappa shape index (κ3) is 3.69. The van der Waals surface area contributed by atoms with Gasteiger partial charge in [-0.1, -0.05) is 6.92 Å². The molecule has 1 aliphatic rings. The largest absolute Gasteiger partial charge is 0.369 e. The van der Waals surface area contributed by atoms with Gasteiger partial charge in [-0.3, -0.25) is 9.69 Å². The second-order valence-electron chi connectivity index (χ2n) is 5.26. The van der Waals surface area contributed by atoms with E-state index in [1.807, 2.05) is 20.8 Å². The van der Waals surface area contributed by atoms with Gasteiger partial charge in [0.25, 0.3) is 0 Å². The zero-order valence-corrected chi connectivity index (χ0v) is 10.9. The minimum absolute atomic E-state index is 0.106. The number of carbonyl (C=O) groups excluding carboxylic acids is 1. The maximum absolute atomic E-state index is 11.0. The standard InChI is InChI=1S/C12H22N4O/c1-10(11(14)17)8-15-4-6-16(7-5-15)12(2,3)9-13/h10H,4-8H2,1-3H3,(H2,14,17). The number of carbonyl (C=O) groups is 1. The van der Waals surface area contributed by atoms with Crippen LogP contribution in [0, 0.1) is 17.2 Å². The molecule has 96 valence electrons. The van der Waals surface area contributed by atoms with Gasteiger partial charge in [0.05, 0.1) is 6.07 Å². The minimum atomic E-state index is -0.401. The number of piperazine rings is 1. The Morgan fingerprint density at radius 2 is 1.94 bits per heavy atom. The van der Waals surface area contributed by atoms with E-state index in [1.54, 1.807) is 0 Å². The van der Waals surface area contributed by atoms with Crippen LogP contribution in [-0.2, 0) is 4.79 Å². The predicted molar refractivity (Wildman–Crippen MR) is 66.1 cm³/mol. The predicted octanol–water partition coefficient (Wildman–Crippen LogP) is 0.0276. The van der Waals surface area contributed by atoms with Crippen molar-refractivity contribution >= 4 is 5.91 Å². The van der Waals surface area contributed by atoms with Gasteiger partial charge in [0.15, 0.2) is 0 Å². The average Bonchev–Trinajstić information content (AvgIpc) is 2.29. The Morgan fingerprint density at radius 3 is 2.35 bits per heavy atom. The summed E-state index contributed by atoms with van der Waals surface area (Å²) >= 11 is 0. The molecule has 0 aromatic heterocycles. The molecule has 0 radical (unpaired) electrons. The van der Waals surface area contributed by atoms with E-state index in [1.165, 1.54) is 0 Å². The molecule has 0 bridgehead atoms. The SMILES string of the molecule is CC(CN1CCN(C(C)(C)C#N)CC1)C(N)=O. The van der Waals surface area contributed by atoms with Crippen LogP contribution in [-0.4, -0.2) is 54.0 Å². The van der Waals surface area contributed by atoms with Crippen LogP contribution in [0.1, 0.15) is 20.8 Å². The lowest BCUT2D eigenvalue weighted by atomic mass is 10.0. The molecule has 1 rings (SSSR count). The average molecular weight is 238 g/mol. The summed E-state index contributed by atoms with van der Waals surface area (Å²) in [5.41, 5.74) is 4.85. The molecule has 0 aromatic carbocycles. The van der Waals surface area contributed by atoms with E-state index in [9.17, 15) is 4.79 Å². The molecule has 1 atom stereocenters. The van der Waals surface area contributed by atoms with Gasteiger partial charge < -0.3 is 10.6 Å². The fraction of sp³-hybridized carbons (Fsp3) is 0.833. The number of hydrogen-bond acceptors (Lipinski definition) is 4. The van der Waals surface area contributed by atoms with Gasteiger partial charge in [0.2, 0.25) is 5.91 Å². The van der Waals surface area contributed by atoms with Crippen molar-refractivity contribution in [1.29, 1.82) is 5.26 Å². The lowest BCUT2D eigenvalue weighted by Gasteiger charge is -2.40. The van der Waals surface area contributed by atoms with Crippen molar-refractivity contribution < 1.29 is 4.79 Å². The van der Waals surface area contributed by atoms with E-state index in [0.29, 0.717) is 0 Å². The normalized spacial score (nSPS) is 20.8. The van der Waals surface area contributed by atoms with Crippen molar-refractivity contribution in [2.75, 3.05) is 32.7 Å². The zero-order chi connectivity index (χ0) is 13.1. The van der Waals surface area contributed by atoms with Gasteiger partial charge in [0.1, 0.15) is 5.54 Å². The number of hydrogen-bond donors (Lipinski definition) is 1. The van der Waals surface area contributed by atoms with E-state index >= 15 is 0 Å². The summed E-state index contributed by atoms with van der Waals surface area (Å²) in [5.74, 6) is -0.352. The minimum Gasteiger partial charge on any atom is -0.369 e. The van der Waals surface area contributed by atoms with Crippen molar-refractivity contribution in [3.05, 3.63) is 0 Å². The molecule has 2 N–H and O–H groups in total. The van der Waals surface area contributed by atoms with Gasteiger partial charge >= 0.3 is 0 Å². The summed E-state index contributed by atoms with van der Waals surface area (Å²) in [4.78, 5) is 15.4. The molecule has 1 heterocycles. The first-order valence-electron chi connectivity index (χ1n) is 6.05. The lowest BCUT2D eigenvalue weighted by Crippen LogP contribution is -2.55. The van der Waals surface area contributed by atoms with E-state index in [4.69, 9.17) is 11.0 Å². The topological polar surface area (TPSA) is 73.4 Å². The molecule has 1 aliphatic heterocycles. The summed E-state index contributed by atoms with van der Waals surface area (Å²) in [6.07, 6.45) is 0. The third-order valence-electron chi connectivity index (χ3n) is 3.45. The first kappa shape index (κ1) is 13.9. The fourth-order valence-electron chi connectivity index (χ4n) is 2.04. The Hall–Kier alpha value is -1.12. The number of rotatable bonds is 4. The summed E-state index contributed by atoms with van der Waals surface area (Å²) in [5, 5.41) is 9.06. The summed E-state index contributed by atoms with van der Waals surface area (Å²) < 4.78 is 0. The van der Waals surface area contributed by atoms with Gasteiger partial charge in [-0.05, 0) is 13.8 Å². The smallest absolute Gasteiger partial charge is 0.221 e. The number of nitrogens with zero attached hydrogens (tertiary/aromatic N) is 3. The maximum Gasteiger partial charge on any atom is 0.221 e. The number of amides is 1. The van der Waals surface area contributed by atoms with Crippen LogP contribution < -0.4 is 5.73 Å². The maximum atomic E-state index is 11.0. The van der Waals surface area contributed by atoms with E-state index in [-0.39, 0.29) is 11.8 Å². The Bertz CT molecular complexity index is 313. The Labute approximate surface area is 103 Å². The molecular weight excluding hydrogens is 216 g/mol. The molecule has 1 amide bonds. The van der Waals surface area contributed by atoms with Gasteiger partial charge in [-0.2, -0.15) is 5.26 Å². The quantitative estimate of drug-likeness (QED) is 0.750. The first-order chi connectivity index (χ1) is 7.86. The van der Waals surface area contributed by atoms with Crippen LogP contribution in [0.15, 0.2) is 0 Å². The molecule has 0 aromatic rings. The zero-order valence-electron chi connectivity index (χ0n) is 10.9. The summed E-state index contributed by atoms with van der Waals surface area (Å²) in [6, 6.07) is 2.32. The molecule has 5 heteroatoms. The number of primary amides is 1. The van der Waals surface area contributed by atoms with Crippen LogP contribution in [0.2, 0.25) is 0 Å². The highest BCUT2D eigenvalue weighted by atomic mass is 16.1. The van der Waals surface area contributed by atoms with Crippen molar-refractivity contribution in [1.82, 2.24) is 9.80 Å². The highest BCUT2D eigenvalue weighted by Gasteiger charge is 2.30. The molecule has 0 spiro atoms. The molecule has 1 saturated heterocycles. The van der Waals surface area contributed by atoms with E-state index in [2.05, 4.69) is 15.9 Å². The second kappa shape index (κ2) is 5.48. The van der Waals surface area contributed by atoms with Crippen LogP contribution in [0.3, 0.4) is 0 Å². The van der Waals surface area contributed by atoms with E-state index in [0.717, 1.165) is 32.7 Å². The third-order valence-corrected chi connectivity index (χ3v) is 3.45. The van der Waals surface area contributed by atoms with Crippen molar-refractivity contribution in [2.24, 2.45) is 11.7 Å². The van der Waals surface area contributed by atoms with Gasteiger partial charge in [-0.15, -0.1) is 0 Å². The molecular formula is C12H22N4O. The number of nitriles is 1. The van der Waals surface area contributed by atoms with Gasteiger partial charge in [0, 0.05) is 38.6 Å². The Balaban J connectivity index is 2.42. The summed E-state index contributed by atoms with van der Waals surface area (Å²) in [7, 11) is 0. The van der Waals surface area contributed by atoms with Crippen LogP contribution in [0.4, 0.5) is 0 Å². The van der Waals surface area contributed by atoms with E-state index < -0.39 is 5.54 Å². The highest BCUT2D eigenvalue weighted by Crippen LogP contribution is 2.16. The van der Waals surface area contributed by atoms with Gasteiger partial charge in [-0.25, -0.2) is 0 Å². The molecule has 0 saturated carbocycles. The first-order valence-corrected chi connectivity index (χ1v) is 6.05. The summed E-state index contributed by atoms with van der Waals surface area (Å²) in [6.45, 7) is 9.97. The Morgan fingerprint density at radius 1 is 1.41 bits per heavy atom. The lowest BCUT2D eigenvalue weighted by molar-refractivity contribution is -0.122. The monoisotopic (exact) mass is 238 g/mol. The van der Waals surface area contributed by atoms with Crippen molar-refractivity contribution in [2.45, 2.75) is 26.3 Å². The number of nitrogens with two attached hydrogens (primary N) is 1. The molecule has 17 heavy (non-hydrogen) atoms. The van der Waals surface area contributed by atoms with Crippen LogP contribution >= 0.6 is 0 Å². The molecule has 1 unspecified atom stereocenters. The van der Waals surface area contributed by atoms with Crippen LogP contribution in [0.25, 0.3) is 0 Å². The highest BCUT2D eigenvalue weighted by molar-refractivity contribution is 5.76. The fourth-order valence-corrected chi connectivity index (χ4v) is 2.04. The van der Waals surface area contributed by atoms with Crippen molar-refractivity contribution in [3.63, 3.8) is 0 Å². The molecule has 5 nitrogen and oxygen atoms in total. The van der Waals surface area contributed by atoms with Crippen LogP contribution in [0.5, 0.6) is 0 Å². The van der Waals surface area contributed by atoms with Crippen molar-refractivity contribution in [3.8, 4) is 6.07 Å². The Kier molecular flexibility index (Phi) is 4.49. The molecule has 1 fully saturated rings.